The number of guanidine groups is 1. The van der Waals surface area contributed by atoms with Crippen LogP contribution in [0.1, 0.15) is 18.7 Å². The molecule has 2 aromatic rings. The largest absolute Gasteiger partial charge is 0.356 e. The Balaban J connectivity index is 0.00000261. The van der Waals surface area contributed by atoms with Gasteiger partial charge >= 0.3 is 0 Å². The Hall–Kier alpha value is -1.47. The lowest BCUT2D eigenvalue weighted by Gasteiger charge is -2.30. The predicted molar refractivity (Wildman–Crippen MR) is 116 cm³/mol. The summed E-state index contributed by atoms with van der Waals surface area (Å²) in [5, 5.41) is 14.9. The van der Waals surface area contributed by atoms with E-state index in [4.69, 9.17) is 0 Å². The number of pyridine rings is 1. The first-order chi connectivity index (χ1) is 12.5. The molecule has 11 heteroatoms. The second kappa shape index (κ2) is 9.64. The second-order valence-corrected chi connectivity index (χ2v) is 8.44. The van der Waals surface area contributed by atoms with Gasteiger partial charge in [-0.25, -0.2) is 12.7 Å². The van der Waals surface area contributed by atoms with Gasteiger partial charge in [-0.3, -0.25) is 9.39 Å². The Labute approximate surface area is 176 Å². The summed E-state index contributed by atoms with van der Waals surface area (Å²) >= 11 is 0. The van der Waals surface area contributed by atoms with Crippen LogP contribution < -0.4 is 10.6 Å². The molecule has 0 aliphatic carbocycles. The number of halogens is 1. The molecular weight excluding hydrogens is 481 g/mol. The molecule has 0 atom stereocenters. The van der Waals surface area contributed by atoms with Crippen LogP contribution in [-0.4, -0.2) is 66.2 Å². The van der Waals surface area contributed by atoms with E-state index >= 15 is 0 Å². The number of nitrogens with zero attached hydrogens (tertiary/aromatic N) is 5. The SMILES string of the molecule is CN=C(NCc1nnc2ccccn12)NCC1CCN(S(C)(=O)=O)CC1.I. The van der Waals surface area contributed by atoms with Gasteiger partial charge in [0.2, 0.25) is 10.0 Å². The van der Waals surface area contributed by atoms with E-state index in [1.807, 2.05) is 28.8 Å². The highest BCUT2D eigenvalue weighted by molar-refractivity contribution is 14.0. The van der Waals surface area contributed by atoms with Crippen LogP contribution in [0.5, 0.6) is 0 Å². The molecule has 1 fully saturated rings. The lowest BCUT2D eigenvalue weighted by atomic mass is 9.98. The quantitative estimate of drug-likeness (QED) is 0.351. The van der Waals surface area contributed by atoms with Crippen LogP contribution in [0.3, 0.4) is 0 Å². The third-order valence-corrected chi connectivity index (χ3v) is 5.93. The van der Waals surface area contributed by atoms with Crippen molar-refractivity contribution in [3.8, 4) is 0 Å². The molecule has 0 saturated carbocycles. The zero-order chi connectivity index (χ0) is 18.6. The summed E-state index contributed by atoms with van der Waals surface area (Å²) in [7, 11) is -1.35. The summed E-state index contributed by atoms with van der Waals surface area (Å²) in [6.07, 6.45) is 4.90. The van der Waals surface area contributed by atoms with Gasteiger partial charge < -0.3 is 10.6 Å². The third kappa shape index (κ3) is 5.75. The molecule has 1 saturated heterocycles. The van der Waals surface area contributed by atoms with Gasteiger partial charge in [-0.2, -0.15) is 0 Å². The molecule has 2 aromatic heterocycles. The number of aromatic nitrogens is 3. The van der Waals surface area contributed by atoms with Gasteiger partial charge in [0.25, 0.3) is 0 Å². The van der Waals surface area contributed by atoms with Crippen LogP contribution in [0.25, 0.3) is 5.65 Å². The molecule has 150 valence electrons. The average molecular weight is 507 g/mol. The standard InChI is InChI=1S/C16H25N7O2S.HI/c1-17-16(18-11-13-6-9-22(10-7-13)26(2,24)25)19-12-15-21-20-14-5-3-4-8-23(14)15;/h3-5,8,13H,6-7,9-12H2,1-2H3,(H2,17,18,19);1H. The molecule has 0 unspecified atom stereocenters. The molecular formula is C16H26IN7O2S. The van der Waals surface area contributed by atoms with Gasteiger partial charge in [-0.05, 0) is 30.9 Å². The maximum Gasteiger partial charge on any atom is 0.211 e. The second-order valence-electron chi connectivity index (χ2n) is 6.46. The van der Waals surface area contributed by atoms with Gasteiger partial charge in [0, 0.05) is 32.9 Å². The van der Waals surface area contributed by atoms with E-state index in [2.05, 4.69) is 25.8 Å². The number of aliphatic imine (C=N–C) groups is 1. The minimum Gasteiger partial charge on any atom is -0.356 e. The highest BCUT2D eigenvalue weighted by atomic mass is 127. The zero-order valence-corrected chi connectivity index (χ0v) is 18.6. The van der Waals surface area contributed by atoms with Crippen LogP contribution in [-0.2, 0) is 16.6 Å². The van der Waals surface area contributed by atoms with Gasteiger partial charge in [-0.1, -0.05) is 6.07 Å². The van der Waals surface area contributed by atoms with E-state index in [1.165, 1.54) is 6.26 Å². The van der Waals surface area contributed by atoms with Crippen LogP contribution in [0, 0.1) is 5.92 Å². The first kappa shape index (κ1) is 21.8. The Bertz CT molecular complexity index is 876. The lowest BCUT2D eigenvalue weighted by molar-refractivity contribution is 0.275. The zero-order valence-electron chi connectivity index (χ0n) is 15.5. The topological polar surface area (TPSA) is 104 Å². The normalized spacial score (nSPS) is 16.9. The van der Waals surface area contributed by atoms with E-state index in [0.29, 0.717) is 31.5 Å². The van der Waals surface area contributed by atoms with Crippen molar-refractivity contribution in [1.82, 2.24) is 29.5 Å². The maximum atomic E-state index is 11.6. The summed E-state index contributed by atoms with van der Waals surface area (Å²) in [6.45, 7) is 2.45. The maximum absolute atomic E-state index is 11.6. The van der Waals surface area contributed by atoms with Gasteiger partial charge in [0.15, 0.2) is 17.4 Å². The number of hydrogen-bond donors (Lipinski definition) is 2. The number of rotatable bonds is 5. The van der Waals surface area contributed by atoms with E-state index in [-0.39, 0.29) is 24.0 Å². The van der Waals surface area contributed by atoms with Crippen molar-refractivity contribution in [2.75, 3.05) is 32.9 Å². The van der Waals surface area contributed by atoms with Gasteiger partial charge in [0.1, 0.15) is 0 Å². The molecule has 9 nitrogen and oxygen atoms in total. The fourth-order valence-corrected chi connectivity index (χ4v) is 3.96. The lowest BCUT2D eigenvalue weighted by Crippen LogP contribution is -2.43. The van der Waals surface area contributed by atoms with E-state index < -0.39 is 10.0 Å². The monoisotopic (exact) mass is 507 g/mol. The Kier molecular flexibility index (Phi) is 7.79. The molecule has 3 heterocycles. The number of nitrogens with one attached hydrogen (secondary N) is 2. The molecule has 27 heavy (non-hydrogen) atoms. The fourth-order valence-electron chi connectivity index (χ4n) is 3.08. The van der Waals surface area contributed by atoms with E-state index in [0.717, 1.165) is 30.9 Å². The molecule has 1 aliphatic rings. The van der Waals surface area contributed by atoms with Crippen molar-refractivity contribution in [3.05, 3.63) is 30.2 Å². The Morgan fingerprint density at radius 2 is 2.00 bits per heavy atom. The van der Waals surface area contributed by atoms with Crippen LogP contribution in [0.4, 0.5) is 0 Å². The minimum atomic E-state index is -3.08. The number of fused-ring (bicyclic) bond motifs is 1. The van der Waals surface area contributed by atoms with Crippen molar-refractivity contribution in [1.29, 1.82) is 0 Å². The van der Waals surface area contributed by atoms with Gasteiger partial charge in [0.05, 0.1) is 12.8 Å². The summed E-state index contributed by atoms with van der Waals surface area (Å²) in [6, 6.07) is 5.78. The number of sulfonamides is 1. The van der Waals surface area contributed by atoms with Crippen LogP contribution >= 0.6 is 24.0 Å². The van der Waals surface area contributed by atoms with E-state index in [1.54, 1.807) is 11.4 Å². The molecule has 0 aromatic carbocycles. The van der Waals surface area contributed by atoms with Crippen molar-refractivity contribution >= 4 is 45.6 Å². The van der Waals surface area contributed by atoms with E-state index in [9.17, 15) is 8.42 Å². The molecule has 3 rings (SSSR count). The summed E-state index contributed by atoms with van der Waals surface area (Å²) in [5.41, 5.74) is 0.810. The van der Waals surface area contributed by atoms with Crippen molar-refractivity contribution < 1.29 is 8.42 Å². The minimum absolute atomic E-state index is 0. The Morgan fingerprint density at radius 3 is 2.67 bits per heavy atom. The summed E-state index contributed by atoms with van der Waals surface area (Å²) < 4.78 is 26.6. The smallest absolute Gasteiger partial charge is 0.211 e. The molecule has 0 spiro atoms. The summed E-state index contributed by atoms with van der Waals surface area (Å²) in [4.78, 5) is 4.24. The Morgan fingerprint density at radius 1 is 1.26 bits per heavy atom. The highest BCUT2D eigenvalue weighted by Crippen LogP contribution is 2.18. The molecule has 0 amide bonds. The van der Waals surface area contributed by atoms with Crippen molar-refractivity contribution in [2.45, 2.75) is 19.4 Å². The molecule has 0 radical (unpaired) electrons. The third-order valence-electron chi connectivity index (χ3n) is 4.62. The van der Waals surface area contributed by atoms with Crippen molar-refractivity contribution in [2.24, 2.45) is 10.9 Å². The number of piperidine rings is 1. The molecule has 2 N–H and O–H groups in total. The first-order valence-electron chi connectivity index (χ1n) is 8.65. The summed E-state index contributed by atoms with van der Waals surface area (Å²) in [5.74, 6) is 1.94. The van der Waals surface area contributed by atoms with Crippen molar-refractivity contribution in [3.63, 3.8) is 0 Å². The average Bonchev–Trinajstić information content (AvgIpc) is 3.05. The number of hydrogen-bond acceptors (Lipinski definition) is 5. The van der Waals surface area contributed by atoms with Crippen LogP contribution in [0.15, 0.2) is 29.4 Å². The van der Waals surface area contributed by atoms with Gasteiger partial charge in [-0.15, -0.1) is 34.2 Å². The van der Waals surface area contributed by atoms with Crippen LogP contribution in [0.2, 0.25) is 0 Å². The fraction of sp³-hybridized carbons (Fsp3) is 0.562. The predicted octanol–water partition coefficient (Wildman–Crippen LogP) is 0.684. The molecule has 1 aliphatic heterocycles. The molecule has 0 bridgehead atoms. The first-order valence-corrected chi connectivity index (χ1v) is 10.5. The highest BCUT2D eigenvalue weighted by Gasteiger charge is 2.24.